The molecule has 0 spiro atoms. The maximum absolute atomic E-state index is 12.5. The van der Waals surface area contributed by atoms with Gasteiger partial charge in [-0.25, -0.2) is 8.78 Å². The minimum atomic E-state index is -2.55. The third kappa shape index (κ3) is 3.61. The summed E-state index contributed by atoms with van der Waals surface area (Å²) in [5, 5.41) is 14.0. The van der Waals surface area contributed by atoms with Gasteiger partial charge in [-0.15, -0.1) is 11.3 Å². The molecule has 0 aliphatic heterocycles. The monoisotopic (exact) mass is 297 g/mol. The van der Waals surface area contributed by atoms with E-state index in [-0.39, 0.29) is 5.56 Å². The maximum Gasteiger partial charge on any atom is 0.325 e. The predicted octanol–water partition coefficient (Wildman–Crippen LogP) is 3.60. The largest absolute Gasteiger partial charge is 0.480 e. The molecule has 0 saturated heterocycles. The molecule has 3 nitrogen and oxygen atoms in total. The van der Waals surface area contributed by atoms with Crippen LogP contribution in [0.5, 0.6) is 0 Å². The van der Waals surface area contributed by atoms with E-state index < -0.39 is 18.4 Å². The molecule has 0 bridgehead atoms. The molecule has 106 valence electrons. The second-order valence-electron chi connectivity index (χ2n) is 4.20. The van der Waals surface area contributed by atoms with E-state index in [1.807, 2.05) is 17.5 Å². The number of hydrogen-bond acceptors (Lipinski definition) is 3. The smallest absolute Gasteiger partial charge is 0.325 e. The van der Waals surface area contributed by atoms with Crippen molar-refractivity contribution in [3.63, 3.8) is 0 Å². The average molecular weight is 297 g/mol. The Labute approximate surface area is 118 Å². The van der Waals surface area contributed by atoms with Crippen LogP contribution in [0.4, 0.5) is 8.78 Å². The van der Waals surface area contributed by atoms with Crippen LogP contribution in [-0.4, -0.2) is 11.1 Å². The van der Waals surface area contributed by atoms with Crippen LogP contribution in [0.3, 0.4) is 0 Å². The summed E-state index contributed by atoms with van der Waals surface area (Å²) in [6, 6.07) is 8.21. The molecule has 0 aliphatic carbocycles. The van der Waals surface area contributed by atoms with Gasteiger partial charge < -0.3 is 5.11 Å². The second-order valence-corrected chi connectivity index (χ2v) is 5.23. The van der Waals surface area contributed by atoms with Crippen LogP contribution in [0.15, 0.2) is 41.8 Å². The third-order valence-electron chi connectivity index (χ3n) is 2.83. The number of benzene rings is 1. The zero-order valence-corrected chi connectivity index (χ0v) is 11.2. The highest BCUT2D eigenvalue weighted by Gasteiger charge is 2.19. The van der Waals surface area contributed by atoms with Crippen molar-refractivity contribution < 1.29 is 18.7 Å². The summed E-state index contributed by atoms with van der Waals surface area (Å²) in [6.45, 7) is 0.422. The molecule has 0 saturated carbocycles. The summed E-state index contributed by atoms with van der Waals surface area (Å²) in [5.74, 6) is -1.04. The van der Waals surface area contributed by atoms with Gasteiger partial charge in [-0.05, 0) is 17.0 Å². The van der Waals surface area contributed by atoms with Gasteiger partial charge in [-0.1, -0.05) is 30.3 Å². The zero-order valence-electron chi connectivity index (χ0n) is 10.4. The Bertz CT molecular complexity index is 555. The first-order valence-corrected chi connectivity index (χ1v) is 6.82. The topological polar surface area (TPSA) is 49.3 Å². The molecule has 0 radical (unpaired) electrons. The van der Waals surface area contributed by atoms with E-state index in [1.165, 1.54) is 35.6 Å². The number of aliphatic carboxylic acids is 1. The van der Waals surface area contributed by atoms with Crippen LogP contribution >= 0.6 is 11.3 Å². The van der Waals surface area contributed by atoms with Crippen LogP contribution < -0.4 is 5.32 Å². The number of rotatable bonds is 6. The Balaban J connectivity index is 2.09. The summed E-state index contributed by atoms with van der Waals surface area (Å²) >= 11 is 1.52. The number of thiophene rings is 1. The first-order valence-electron chi connectivity index (χ1n) is 5.94. The molecule has 6 heteroatoms. The van der Waals surface area contributed by atoms with Crippen LogP contribution in [0.1, 0.15) is 28.5 Å². The van der Waals surface area contributed by atoms with Crippen molar-refractivity contribution in [1.29, 1.82) is 0 Å². The Morgan fingerprint density at radius 1 is 1.20 bits per heavy atom. The van der Waals surface area contributed by atoms with E-state index in [0.29, 0.717) is 12.1 Å². The molecule has 2 aromatic rings. The molecular formula is C14H13F2NO2S. The highest BCUT2D eigenvalue weighted by molar-refractivity contribution is 7.09. The van der Waals surface area contributed by atoms with Crippen molar-refractivity contribution in [2.45, 2.75) is 19.0 Å². The highest BCUT2D eigenvalue weighted by Crippen LogP contribution is 2.22. The van der Waals surface area contributed by atoms with Crippen molar-refractivity contribution in [3.8, 4) is 0 Å². The highest BCUT2D eigenvalue weighted by atomic mass is 32.1. The Morgan fingerprint density at radius 3 is 2.35 bits per heavy atom. The van der Waals surface area contributed by atoms with E-state index in [4.69, 9.17) is 0 Å². The van der Waals surface area contributed by atoms with Gasteiger partial charge in [0.05, 0.1) is 0 Å². The van der Waals surface area contributed by atoms with E-state index in [0.717, 1.165) is 4.88 Å². The fraction of sp³-hybridized carbons (Fsp3) is 0.214. The molecule has 20 heavy (non-hydrogen) atoms. The number of carboxylic acids is 1. The Morgan fingerprint density at radius 2 is 1.85 bits per heavy atom. The Kier molecular flexibility index (Phi) is 4.81. The average Bonchev–Trinajstić information content (AvgIpc) is 2.92. The molecule has 2 N–H and O–H groups in total. The Hall–Kier alpha value is -1.79. The molecule has 1 aromatic heterocycles. The molecular weight excluding hydrogens is 284 g/mol. The number of halogens is 2. The molecule has 1 unspecified atom stereocenters. The third-order valence-corrected chi connectivity index (χ3v) is 3.71. The van der Waals surface area contributed by atoms with Gasteiger partial charge in [0.2, 0.25) is 0 Å². The predicted molar refractivity (Wildman–Crippen MR) is 72.9 cm³/mol. The van der Waals surface area contributed by atoms with Crippen LogP contribution in [0, 0.1) is 0 Å². The lowest BCUT2D eigenvalue weighted by molar-refractivity contribution is -0.139. The van der Waals surface area contributed by atoms with Gasteiger partial charge in [-0.2, -0.15) is 0 Å². The van der Waals surface area contributed by atoms with Crippen molar-refractivity contribution in [1.82, 2.24) is 5.32 Å². The van der Waals surface area contributed by atoms with Gasteiger partial charge in [0.15, 0.2) is 0 Å². The number of alkyl halides is 2. The summed E-state index contributed by atoms with van der Waals surface area (Å²) in [4.78, 5) is 12.3. The molecule has 1 aromatic carbocycles. The van der Waals surface area contributed by atoms with Gasteiger partial charge in [0, 0.05) is 17.0 Å². The van der Waals surface area contributed by atoms with Gasteiger partial charge in [0.25, 0.3) is 6.43 Å². The lowest BCUT2D eigenvalue weighted by Gasteiger charge is -2.14. The summed E-state index contributed by atoms with van der Waals surface area (Å²) in [7, 11) is 0. The molecule has 0 aliphatic rings. The molecule has 2 rings (SSSR count). The van der Waals surface area contributed by atoms with E-state index >= 15 is 0 Å². The van der Waals surface area contributed by atoms with Crippen LogP contribution in [0.2, 0.25) is 0 Å². The van der Waals surface area contributed by atoms with Crippen molar-refractivity contribution in [2.75, 3.05) is 0 Å². The lowest BCUT2D eigenvalue weighted by Crippen LogP contribution is -2.27. The summed E-state index contributed by atoms with van der Waals surface area (Å²) < 4.78 is 24.9. The minimum absolute atomic E-state index is 0.115. The maximum atomic E-state index is 12.5. The summed E-state index contributed by atoms with van der Waals surface area (Å²) in [5.41, 5.74) is 0.342. The standard InChI is InChI=1S/C14H13F2NO2S/c15-13(16)10-5-3-9(4-6-10)12(14(18)19)17-8-11-2-1-7-20-11/h1-7,12-13,17H,8H2,(H,18,19). The van der Waals surface area contributed by atoms with Crippen molar-refractivity contribution in [3.05, 3.63) is 57.8 Å². The van der Waals surface area contributed by atoms with E-state index in [9.17, 15) is 18.7 Å². The number of nitrogens with one attached hydrogen (secondary N) is 1. The zero-order chi connectivity index (χ0) is 14.5. The number of hydrogen-bond donors (Lipinski definition) is 2. The van der Waals surface area contributed by atoms with Crippen LogP contribution in [0.25, 0.3) is 0 Å². The number of carbonyl (C=O) groups is 1. The fourth-order valence-corrected chi connectivity index (χ4v) is 2.45. The second kappa shape index (κ2) is 6.58. The first kappa shape index (κ1) is 14.6. The lowest BCUT2D eigenvalue weighted by atomic mass is 10.0. The van der Waals surface area contributed by atoms with E-state index in [2.05, 4.69) is 5.32 Å². The van der Waals surface area contributed by atoms with Gasteiger partial charge >= 0.3 is 5.97 Å². The van der Waals surface area contributed by atoms with Gasteiger partial charge in [-0.3, -0.25) is 10.1 Å². The minimum Gasteiger partial charge on any atom is -0.480 e. The fourth-order valence-electron chi connectivity index (χ4n) is 1.80. The molecule has 1 atom stereocenters. The van der Waals surface area contributed by atoms with Crippen molar-refractivity contribution in [2.24, 2.45) is 0 Å². The SMILES string of the molecule is O=C(O)C(NCc1cccs1)c1ccc(C(F)F)cc1. The van der Waals surface area contributed by atoms with Crippen LogP contribution in [-0.2, 0) is 11.3 Å². The molecule has 0 amide bonds. The van der Waals surface area contributed by atoms with Gasteiger partial charge in [0.1, 0.15) is 6.04 Å². The molecule has 1 heterocycles. The van der Waals surface area contributed by atoms with E-state index in [1.54, 1.807) is 0 Å². The quantitative estimate of drug-likeness (QED) is 0.856. The normalized spacial score (nSPS) is 12.6. The van der Waals surface area contributed by atoms with Crippen molar-refractivity contribution >= 4 is 17.3 Å². The number of carboxylic acid groups (broad SMARTS) is 1. The summed E-state index contributed by atoms with van der Waals surface area (Å²) in [6.07, 6.45) is -2.55. The first-order chi connectivity index (χ1) is 9.58. The molecule has 0 fully saturated rings.